The number of esters is 2. The molecule has 234 valence electrons. The molecule has 0 aliphatic carbocycles. The van der Waals surface area contributed by atoms with E-state index in [2.05, 4.69) is 29.8 Å². The van der Waals surface area contributed by atoms with Gasteiger partial charge in [0.1, 0.15) is 29.8 Å². The number of likely N-dealkylation sites (tertiary alicyclic amines) is 1. The number of rotatable bonds is 14. The van der Waals surface area contributed by atoms with E-state index in [9.17, 15) is 32.8 Å². The number of ether oxygens (including phenoxy) is 2. The summed E-state index contributed by atoms with van der Waals surface area (Å²) in [5, 5.41) is 7.61. The maximum Gasteiger partial charge on any atom is 0.332 e. The van der Waals surface area contributed by atoms with Gasteiger partial charge in [0.05, 0.1) is 7.11 Å². The van der Waals surface area contributed by atoms with Gasteiger partial charge in [-0.15, -0.1) is 0 Å². The molecule has 1 aromatic rings. The zero-order valence-electron chi connectivity index (χ0n) is 24.8. The molecule has 11 nitrogen and oxygen atoms in total. The fourth-order valence-corrected chi connectivity index (χ4v) is 4.71. The van der Waals surface area contributed by atoms with Crippen LogP contribution in [0.4, 0.5) is 13.6 Å². The molecule has 1 aromatic carbocycles. The monoisotopic (exact) mass is 596 g/mol. The van der Waals surface area contributed by atoms with Crippen molar-refractivity contribution in [1.82, 2.24) is 20.9 Å². The van der Waals surface area contributed by atoms with Crippen molar-refractivity contribution in [3.05, 3.63) is 35.4 Å². The molecule has 0 bridgehead atoms. The summed E-state index contributed by atoms with van der Waals surface area (Å²) in [6.07, 6.45) is 2.09. The van der Waals surface area contributed by atoms with E-state index < -0.39 is 59.7 Å². The van der Waals surface area contributed by atoms with Gasteiger partial charge in [0, 0.05) is 32.5 Å². The minimum Gasteiger partial charge on any atom is -0.467 e. The Morgan fingerprint density at radius 3 is 2.33 bits per heavy atom. The fourth-order valence-electron chi connectivity index (χ4n) is 4.71. The number of hydrogen-bond donors (Lipinski definition) is 3. The Balaban J connectivity index is 2.18. The van der Waals surface area contributed by atoms with Crippen molar-refractivity contribution in [3.63, 3.8) is 0 Å². The van der Waals surface area contributed by atoms with Crippen molar-refractivity contribution in [3.8, 4) is 0 Å². The second-order valence-electron chi connectivity index (χ2n) is 10.6. The number of hydrogen-bond acceptors (Lipinski definition) is 7. The third-order valence-electron chi connectivity index (χ3n) is 7.29. The Bertz CT molecular complexity index is 1100. The SMILES string of the molecule is CCC(C)CCCNC(=O)N[C@@H](Cc1cc(F)cc(F)c1)C(=O)N[C@H](C(=O)OC)[C@@H](C)OC(=O)C1CCCN1C(C)=O. The molecule has 1 fully saturated rings. The molecule has 1 aliphatic rings. The van der Waals surface area contributed by atoms with E-state index in [1.54, 1.807) is 0 Å². The quantitative estimate of drug-likeness (QED) is 0.221. The smallest absolute Gasteiger partial charge is 0.332 e. The van der Waals surface area contributed by atoms with Gasteiger partial charge >= 0.3 is 18.0 Å². The molecule has 13 heteroatoms. The van der Waals surface area contributed by atoms with Gasteiger partial charge in [0.2, 0.25) is 11.8 Å². The molecular weight excluding hydrogens is 554 g/mol. The van der Waals surface area contributed by atoms with E-state index in [1.807, 2.05) is 0 Å². The van der Waals surface area contributed by atoms with Gasteiger partial charge in [0.15, 0.2) is 6.04 Å². The van der Waals surface area contributed by atoms with Crippen molar-refractivity contribution in [1.29, 1.82) is 0 Å². The third kappa shape index (κ3) is 10.6. The topological polar surface area (TPSA) is 143 Å². The average Bonchev–Trinajstić information content (AvgIpc) is 3.43. The lowest BCUT2D eigenvalue weighted by atomic mass is 10.0. The Morgan fingerprint density at radius 2 is 1.74 bits per heavy atom. The normalized spacial score (nSPS) is 17.4. The molecule has 1 aliphatic heterocycles. The first-order valence-electron chi connectivity index (χ1n) is 14.2. The number of amides is 4. The highest BCUT2D eigenvalue weighted by Gasteiger charge is 2.38. The van der Waals surface area contributed by atoms with E-state index in [0.29, 0.717) is 44.3 Å². The predicted molar refractivity (Wildman–Crippen MR) is 149 cm³/mol. The van der Waals surface area contributed by atoms with Crippen molar-refractivity contribution >= 4 is 29.8 Å². The number of carbonyl (C=O) groups is 5. The Hall–Kier alpha value is -3.77. The summed E-state index contributed by atoms with van der Waals surface area (Å²) in [6.45, 7) is 7.63. The molecule has 2 rings (SSSR count). The van der Waals surface area contributed by atoms with Gasteiger partial charge in [-0.1, -0.05) is 20.3 Å². The molecule has 0 aromatic heterocycles. The standard InChI is InChI=1S/C29H42F2N4O7/c1-6-17(2)9-7-11-32-29(40)33-23(15-20-13-21(30)16-22(31)14-20)26(37)34-25(28(39)41-5)18(3)42-27(38)24-10-8-12-35(24)19(4)36/h13-14,16-18,23-25H,6-12,15H2,1-5H3,(H,34,37)(H2,32,33,40)/t17?,18-,23+,24?,25+/m1/s1. The average molecular weight is 597 g/mol. The molecule has 0 saturated carbocycles. The first kappa shape index (κ1) is 34.4. The number of urea groups is 1. The number of methoxy groups -OCH3 is 1. The molecule has 4 amide bonds. The Morgan fingerprint density at radius 1 is 1.07 bits per heavy atom. The van der Waals surface area contributed by atoms with Gasteiger partial charge in [0.25, 0.3) is 0 Å². The lowest BCUT2D eigenvalue weighted by molar-refractivity contribution is -0.163. The van der Waals surface area contributed by atoms with Gasteiger partial charge in [-0.3, -0.25) is 9.59 Å². The number of nitrogens with one attached hydrogen (secondary N) is 3. The third-order valence-corrected chi connectivity index (χ3v) is 7.29. The van der Waals surface area contributed by atoms with E-state index in [-0.39, 0.29) is 17.9 Å². The summed E-state index contributed by atoms with van der Waals surface area (Å²) < 4.78 is 38.0. The minimum absolute atomic E-state index is 0.0874. The number of nitrogens with zero attached hydrogens (tertiary/aromatic N) is 1. The first-order valence-corrected chi connectivity index (χ1v) is 14.2. The van der Waals surface area contributed by atoms with Crippen molar-refractivity contribution in [2.45, 2.75) is 90.4 Å². The molecule has 0 radical (unpaired) electrons. The minimum atomic E-state index is -1.48. The lowest BCUT2D eigenvalue weighted by Gasteiger charge is -2.28. The van der Waals surface area contributed by atoms with Crippen molar-refractivity contribution in [2.75, 3.05) is 20.2 Å². The van der Waals surface area contributed by atoms with Crippen LogP contribution in [0.15, 0.2) is 18.2 Å². The highest BCUT2D eigenvalue weighted by Crippen LogP contribution is 2.20. The van der Waals surface area contributed by atoms with E-state index >= 15 is 0 Å². The summed E-state index contributed by atoms with van der Waals surface area (Å²) in [4.78, 5) is 64.7. The van der Waals surface area contributed by atoms with Crippen LogP contribution in [0.1, 0.15) is 65.4 Å². The second kappa shape index (κ2) is 16.6. The highest BCUT2D eigenvalue weighted by molar-refractivity contribution is 5.91. The zero-order chi connectivity index (χ0) is 31.4. The van der Waals surface area contributed by atoms with Crippen LogP contribution >= 0.6 is 0 Å². The van der Waals surface area contributed by atoms with Gasteiger partial charge in [-0.05, 0) is 56.2 Å². The number of halogens is 2. The molecule has 3 N–H and O–H groups in total. The van der Waals surface area contributed by atoms with Crippen LogP contribution in [0.3, 0.4) is 0 Å². The fraction of sp³-hybridized carbons (Fsp3) is 0.621. The Kier molecular flexibility index (Phi) is 13.6. The lowest BCUT2D eigenvalue weighted by Crippen LogP contribution is -2.57. The first-order chi connectivity index (χ1) is 19.9. The van der Waals surface area contributed by atoms with Crippen LogP contribution < -0.4 is 16.0 Å². The van der Waals surface area contributed by atoms with E-state index in [0.717, 1.165) is 32.1 Å². The molecule has 0 spiro atoms. The summed E-state index contributed by atoms with van der Waals surface area (Å²) in [5.74, 6) is -4.07. The van der Waals surface area contributed by atoms with Crippen LogP contribution in [0.2, 0.25) is 0 Å². The predicted octanol–water partition coefficient (Wildman–Crippen LogP) is 2.60. The van der Waals surface area contributed by atoms with Crippen molar-refractivity contribution < 1.29 is 42.2 Å². The molecule has 1 saturated heterocycles. The molecule has 5 atom stereocenters. The van der Waals surface area contributed by atoms with E-state index in [4.69, 9.17) is 9.47 Å². The second-order valence-corrected chi connectivity index (χ2v) is 10.6. The molecule has 1 heterocycles. The van der Waals surface area contributed by atoms with Crippen LogP contribution in [0, 0.1) is 17.6 Å². The highest BCUT2D eigenvalue weighted by atomic mass is 19.1. The molecule has 42 heavy (non-hydrogen) atoms. The maximum atomic E-state index is 13.9. The summed E-state index contributed by atoms with van der Waals surface area (Å²) >= 11 is 0. The van der Waals surface area contributed by atoms with Crippen LogP contribution in [0.5, 0.6) is 0 Å². The summed E-state index contributed by atoms with van der Waals surface area (Å²) in [7, 11) is 1.09. The molecular formula is C29H42F2N4O7. The Labute approximate surface area is 245 Å². The van der Waals surface area contributed by atoms with Gasteiger partial charge in [-0.2, -0.15) is 0 Å². The number of carbonyl (C=O) groups excluding carboxylic acids is 5. The summed E-state index contributed by atoms with van der Waals surface area (Å²) in [6, 6.07) is -1.61. The zero-order valence-corrected chi connectivity index (χ0v) is 24.8. The summed E-state index contributed by atoms with van der Waals surface area (Å²) in [5.41, 5.74) is 0.0874. The van der Waals surface area contributed by atoms with E-state index in [1.165, 1.54) is 18.7 Å². The van der Waals surface area contributed by atoms with Gasteiger partial charge in [-0.25, -0.2) is 23.2 Å². The molecule has 2 unspecified atom stereocenters. The van der Waals surface area contributed by atoms with Crippen molar-refractivity contribution in [2.24, 2.45) is 5.92 Å². The largest absolute Gasteiger partial charge is 0.467 e. The maximum absolute atomic E-state index is 13.9. The van der Waals surface area contributed by atoms with Crippen LogP contribution in [0.25, 0.3) is 0 Å². The van der Waals surface area contributed by atoms with Gasteiger partial charge < -0.3 is 30.3 Å². The van der Waals surface area contributed by atoms with Crippen LogP contribution in [-0.4, -0.2) is 79.1 Å². The van der Waals surface area contributed by atoms with Crippen LogP contribution in [-0.2, 0) is 35.1 Å². The number of benzene rings is 1.